The number of carbonyl (C=O) groups excluding carboxylic acids is 7. The van der Waals surface area contributed by atoms with Crippen LogP contribution >= 0.6 is 0 Å². The Kier molecular flexibility index (Phi) is 30.7. The molecular formula is C75H94N8O34. The second-order valence-corrected chi connectivity index (χ2v) is 27.6. The highest BCUT2D eigenvalue weighted by atomic mass is 16.7. The Morgan fingerprint density at radius 3 is 1.34 bits per heavy atom. The molecule has 4 aromatic carbocycles. The monoisotopic (exact) mass is 1650 g/mol. The van der Waals surface area contributed by atoms with Crippen LogP contribution in [0.3, 0.4) is 0 Å². The van der Waals surface area contributed by atoms with Crippen LogP contribution in [0.2, 0.25) is 0 Å². The van der Waals surface area contributed by atoms with Gasteiger partial charge in [-0.1, -0.05) is 36.4 Å². The van der Waals surface area contributed by atoms with Crippen molar-refractivity contribution in [3.63, 3.8) is 0 Å². The number of benzene rings is 4. The third-order valence-electron chi connectivity index (χ3n) is 19.6. The Hall–Kier alpha value is -10.6. The van der Waals surface area contributed by atoms with Crippen LogP contribution in [0, 0.1) is 0 Å². The number of nitrogens with two attached hydrogens (primary N) is 1. The van der Waals surface area contributed by atoms with Crippen molar-refractivity contribution in [1.82, 2.24) is 25.8 Å². The molecule has 10 rings (SSSR count). The zero-order chi connectivity index (χ0) is 84.6. The van der Waals surface area contributed by atoms with E-state index in [-0.39, 0.29) is 184 Å². The van der Waals surface area contributed by atoms with Crippen LogP contribution in [0.5, 0.6) is 34.5 Å². The number of carboxylic acid groups (broad SMARTS) is 2. The second kappa shape index (κ2) is 40.5. The summed E-state index contributed by atoms with van der Waals surface area (Å²) >= 11 is 0. The number of amides is 7. The van der Waals surface area contributed by atoms with Crippen LogP contribution in [0.25, 0.3) is 0 Å². The molecule has 0 radical (unpaired) electrons. The number of anilines is 2. The first-order valence-electron chi connectivity index (χ1n) is 36.7. The van der Waals surface area contributed by atoms with Gasteiger partial charge in [0, 0.05) is 71.4 Å². The number of carboxylic acids is 2. The molecule has 0 saturated carbocycles. The maximum Gasteiger partial charge on any atom is 0.416 e. The number of aliphatic carboxylic acids is 2. The first-order chi connectivity index (χ1) is 56.0. The van der Waals surface area contributed by atoms with Crippen molar-refractivity contribution in [2.75, 3.05) is 124 Å². The summed E-state index contributed by atoms with van der Waals surface area (Å²) in [5, 5.41) is 115. The number of aliphatic hydroxyl groups excluding tert-OH is 8. The van der Waals surface area contributed by atoms with E-state index in [1.807, 2.05) is 0 Å². The van der Waals surface area contributed by atoms with E-state index >= 15 is 0 Å². The van der Waals surface area contributed by atoms with Crippen LogP contribution in [-0.2, 0) is 70.3 Å². The van der Waals surface area contributed by atoms with E-state index in [1.165, 1.54) is 98.9 Å². The fourth-order valence-corrected chi connectivity index (χ4v) is 13.6. The minimum absolute atomic E-state index is 0.00742. The lowest BCUT2D eigenvalue weighted by Gasteiger charge is -2.38. The highest BCUT2D eigenvalue weighted by molar-refractivity contribution is 6.07. The van der Waals surface area contributed by atoms with Crippen LogP contribution < -0.4 is 60.1 Å². The lowest BCUT2D eigenvalue weighted by molar-refractivity contribution is -0.271. The molecule has 117 heavy (non-hydrogen) atoms. The maximum absolute atomic E-state index is 14.8. The van der Waals surface area contributed by atoms with E-state index in [0.29, 0.717) is 11.1 Å². The fraction of sp³-hybridized carbons (Fsp3) is 0.507. The number of fused-ring (bicyclic) bond motifs is 4. The van der Waals surface area contributed by atoms with Crippen molar-refractivity contribution in [3.8, 4) is 34.5 Å². The minimum Gasteiger partial charge on any atom is -0.493 e. The number of rotatable bonds is 37. The van der Waals surface area contributed by atoms with Crippen LogP contribution in [0.1, 0.15) is 78.2 Å². The fourth-order valence-electron chi connectivity index (χ4n) is 13.6. The molecule has 15 N–H and O–H groups in total. The number of carbonyl (C=O) groups is 9. The van der Waals surface area contributed by atoms with Crippen molar-refractivity contribution in [1.29, 1.82) is 0 Å². The molecule has 0 aromatic heterocycles. The molecule has 0 aliphatic carbocycles. The third kappa shape index (κ3) is 20.8. The minimum atomic E-state index is -2.06. The molecule has 638 valence electrons. The number of nitrogens with zero attached hydrogens (tertiary/aromatic N) is 4. The first-order valence-corrected chi connectivity index (χ1v) is 36.7. The normalized spacial score (nSPS) is 24.4. The van der Waals surface area contributed by atoms with Crippen LogP contribution in [0.4, 0.5) is 21.0 Å². The Bertz CT molecular complexity index is 4040. The molecule has 4 fully saturated rings. The van der Waals surface area contributed by atoms with Gasteiger partial charge in [-0.25, -0.2) is 34.9 Å². The van der Waals surface area contributed by atoms with Gasteiger partial charge in [0.2, 0.25) is 18.5 Å². The van der Waals surface area contributed by atoms with Crippen molar-refractivity contribution in [3.05, 3.63) is 118 Å². The summed E-state index contributed by atoms with van der Waals surface area (Å²) in [6.45, 7) is 6.14. The number of aliphatic hydroxyl groups is 8. The Morgan fingerprint density at radius 1 is 0.521 bits per heavy atom. The lowest BCUT2D eigenvalue weighted by Crippen LogP contribution is -2.61. The van der Waals surface area contributed by atoms with E-state index in [0.717, 1.165) is 9.80 Å². The van der Waals surface area contributed by atoms with Crippen LogP contribution in [-0.4, -0.2) is 321 Å². The highest BCUT2D eigenvalue weighted by Crippen LogP contribution is 2.45. The molecule has 6 heterocycles. The predicted molar refractivity (Wildman–Crippen MR) is 396 cm³/mol. The van der Waals surface area contributed by atoms with Crippen molar-refractivity contribution in [2.24, 2.45) is 5.90 Å². The van der Waals surface area contributed by atoms with E-state index in [4.69, 9.17) is 72.2 Å². The zero-order valence-corrected chi connectivity index (χ0v) is 63.9. The van der Waals surface area contributed by atoms with E-state index < -0.39 is 165 Å². The molecule has 7 amide bonds. The van der Waals surface area contributed by atoms with Gasteiger partial charge < -0.3 is 148 Å². The van der Waals surface area contributed by atoms with E-state index in [1.54, 1.807) is 0 Å². The number of ether oxygens (including phenoxy) is 14. The molecule has 42 nitrogen and oxygen atoms in total. The van der Waals surface area contributed by atoms with Gasteiger partial charge in [0.05, 0.1) is 113 Å². The molecule has 42 heteroatoms. The second-order valence-electron chi connectivity index (χ2n) is 27.6. The largest absolute Gasteiger partial charge is 0.493 e. The number of hydrogen-bond acceptors (Lipinski definition) is 33. The van der Waals surface area contributed by atoms with Gasteiger partial charge in [0.15, 0.2) is 47.7 Å². The molecule has 6 aliphatic heterocycles. The number of hydrogen-bond donors (Lipinski definition) is 14. The van der Waals surface area contributed by atoms with Gasteiger partial charge in [-0.3, -0.25) is 24.0 Å². The number of methoxy groups -OCH3 is 4. The van der Waals surface area contributed by atoms with Gasteiger partial charge in [-0.15, -0.1) is 0 Å². The lowest BCUT2D eigenvalue weighted by atomic mass is 9.99. The SMILES string of the molecule is C=C1C[C@H]2C(O)N(C(=O)OCc3ccc(O[C@@H]4O[C@H](C(=O)O)[C@@H](O)[C@H](O)[C@H]4O)c(C(=O)NCCOC)c3)c3cc(OCCC(CCOc4cc5c(cc4OC)C(=O)N4CC(=C)C[C@H]4C(O)N5C(=O)OCc4ccc(O[C@@H]5O[C@H](C(=O)O)[C@@H](O)[C@H](O)[C@H]5O)c(C(=O)NCCOC)c4)NC(=O)COCCOCCON)c(OC)cc3C(=O)N2C1. The van der Waals surface area contributed by atoms with E-state index in [2.05, 4.69) is 33.9 Å². The van der Waals surface area contributed by atoms with Crippen molar-refractivity contribution >= 4 is 65.0 Å². The highest BCUT2D eigenvalue weighted by Gasteiger charge is 2.52. The first kappa shape index (κ1) is 88.7. The molecule has 6 aliphatic rings. The summed E-state index contributed by atoms with van der Waals surface area (Å²) in [6, 6.07) is 9.67. The zero-order valence-electron chi connectivity index (χ0n) is 63.9. The van der Waals surface area contributed by atoms with Crippen molar-refractivity contribution in [2.45, 2.75) is 131 Å². The maximum atomic E-state index is 14.8. The standard InChI is InChI=1S/C75H94N8O34/c1-36-23-47-68(95)82(74(101)111-33-38-7-9-49(43(25-38)64(91)77-13-17-103-3)114-72-60(89)56(85)58(87)62(116-72)70(97)98)45-29-53(51(105-5)27-41(45)66(93)80(47)31-36)109-15-11-40(79-55(84)35-108-20-19-107-21-22-113-76)12-16-110-54-30-46-42(28-52(54)106-6)67(94)81-32-37(2)24-48(81)69(96)83(46)75(102)112-34-39-8-10-50(44(26-39)65(92)78-14-18-104-4)115-73-61(90)57(86)59(88)63(117-73)71(99)100/h7-10,25-30,40,47-48,56-63,68-69,72-73,85-90,95-96H,1-2,11-24,31-35,76H2,3-6H3,(H,77,91)(H,78,92)(H,79,84)(H,97,98)(H,99,100)/t40?,47-,48-,56-,57-,58-,59-,60+,61+,62-,63-,68?,69?,72+,73+/m0/s1. The summed E-state index contributed by atoms with van der Waals surface area (Å²) in [5.74, 6) is -2.65. The van der Waals surface area contributed by atoms with Gasteiger partial charge in [0.25, 0.3) is 23.6 Å². The Labute approximate surface area is 667 Å². The Balaban J connectivity index is 0.892. The summed E-state index contributed by atoms with van der Waals surface area (Å²) in [5.41, 5.74) is 0.0758. The summed E-state index contributed by atoms with van der Waals surface area (Å²) in [7, 11) is 5.34. The predicted octanol–water partition coefficient (Wildman–Crippen LogP) is -1.86. The average molecular weight is 1650 g/mol. The van der Waals surface area contributed by atoms with Gasteiger partial charge in [-0.2, -0.15) is 0 Å². The Morgan fingerprint density at radius 2 is 0.940 bits per heavy atom. The molecule has 0 bridgehead atoms. The molecule has 0 spiro atoms. The van der Waals surface area contributed by atoms with E-state index in [9.17, 15) is 94.2 Å². The molecule has 4 saturated heterocycles. The quantitative estimate of drug-likeness (QED) is 0.0134. The molecule has 2 unspecified atom stereocenters. The van der Waals surface area contributed by atoms with Gasteiger partial charge in [0.1, 0.15) is 67.9 Å². The smallest absolute Gasteiger partial charge is 0.416 e. The van der Waals surface area contributed by atoms with Gasteiger partial charge >= 0.3 is 24.1 Å². The summed E-state index contributed by atoms with van der Waals surface area (Å²) < 4.78 is 79.2. The summed E-state index contributed by atoms with van der Waals surface area (Å²) in [4.78, 5) is 133. The third-order valence-corrected chi connectivity index (χ3v) is 19.6. The van der Waals surface area contributed by atoms with Crippen molar-refractivity contribution < 1.29 is 165 Å². The molecular weight excluding hydrogens is 1560 g/mol. The molecule has 14 atom stereocenters. The topological polar surface area (TPSA) is 569 Å². The summed E-state index contributed by atoms with van der Waals surface area (Å²) in [6.07, 6.45) is -26.2. The average Bonchev–Trinajstić information content (AvgIpc) is 1.64. The molecule has 4 aromatic rings. The van der Waals surface area contributed by atoms with Crippen LogP contribution in [0.15, 0.2) is 85.0 Å². The van der Waals surface area contributed by atoms with Gasteiger partial charge in [-0.05, 0) is 60.4 Å². The number of nitrogens with one attached hydrogen (secondary N) is 3.